The first-order valence-electron chi connectivity index (χ1n) is 8.50. The Balaban J connectivity index is 1.79. The summed E-state index contributed by atoms with van der Waals surface area (Å²) in [6, 6.07) is 5.16. The Kier molecular flexibility index (Phi) is 7.19. The zero-order chi connectivity index (χ0) is 15.8. The van der Waals surface area contributed by atoms with Gasteiger partial charge in [-0.25, -0.2) is 0 Å². The fourth-order valence-corrected chi connectivity index (χ4v) is 3.33. The second-order valence-electron chi connectivity index (χ2n) is 5.85. The predicted octanol–water partition coefficient (Wildman–Crippen LogP) is 2.67. The van der Waals surface area contributed by atoms with E-state index in [9.17, 15) is 0 Å². The van der Waals surface area contributed by atoms with Gasteiger partial charge in [0, 0.05) is 37.6 Å². The van der Waals surface area contributed by atoms with Gasteiger partial charge in [0.15, 0.2) is 5.96 Å². The first-order valence-corrected chi connectivity index (χ1v) is 9.38. The van der Waals surface area contributed by atoms with E-state index in [2.05, 4.69) is 53.5 Å². The van der Waals surface area contributed by atoms with Gasteiger partial charge in [0.2, 0.25) is 0 Å². The van der Waals surface area contributed by atoms with E-state index in [0.29, 0.717) is 0 Å². The maximum Gasteiger partial charge on any atom is 0.193 e. The summed E-state index contributed by atoms with van der Waals surface area (Å²) in [5, 5.41) is 5.55. The molecule has 0 atom stereocenters. The monoisotopic (exact) mass is 322 g/mol. The van der Waals surface area contributed by atoms with E-state index in [1.807, 2.05) is 11.3 Å². The molecule has 0 unspecified atom stereocenters. The van der Waals surface area contributed by atoms with Crippen molar-refractivity contribution in [2.75, 3.05) is 39.8 Å². The highest BCUT2D eigenvalue weighted by Crippen LogP contribution is 2.25. The van der Waals surface area contributed by atoms with Crippen molar-refractivity contribution in [2.24, 2.45) is 4.99 Å². The SMILES string of the molecule is CCNC(=NCCN(CC)C1CC1)N(C)CCc1cccs1. The molecule has 0 aliphatic heterocycles. The van der Waals surface area contributed by atoms with Crippen molar-refractivity contribution < 1.29 is 0 Å². The molecule has 1 aromatic heterocycles. The summed E-state index contributed by atoms with van der Waals surface area (Å²) < 4.78 is 0. The molecule has 1 heterocycles. The molecule has 1 saturated carbocycles. The van der Waals surface area contributed by atoms with Crippen LogP contribution in [0.2, 0.25) is 0 Å². The normalized spacial score (nSPS) is 15.4. The summed E-state index contributed by atoms with van der Waals surface area (Å²) in [5.41, 5.74) is 0. The Hall–Kier alpha value is -1.07. The van der Waals surface area contributed by atoms with Crippen molar-refractivity contribution in [1.82, 2.24) is 15.1 Å². The third kappa shape index (κ3) is 5.61. The molecule has 0 saturated heterocycles. The smallest absolute Gasteiger partial charge is 0.193 e. The molecule has 1 aliphatic carbocycles. The zero-order valence-corrected chi connectivity index (χ0v) is 15.0. The molecular formula is C17H30N4S. The lowest BCUT2D eigenvalue weighted by molar-refractivity contribution is 0.285. The average Bonchev–Trinajstić information content (AvgIpc) is 3.23. The molecule has 1 N–H and O–H groups in total. The molecule has 1 fully saturated rings. The van der Waals surface area contributed by atoms with E-state index in [4.69, 9.17) is 4.99 Å². The van der Waals surface area contributed by atoms with Crippen LogP contribution in [0.25, 0.3) is 0 Å². The number of likely N-dealkylation sites (N-methyl/N-ethyl adjacent to an activating group) is 2. The molecule has 0 aromatic carbocycles. The Morgan fingerprint density at radius 2 is 2.18 bits per heavy atom. The first kappa shape index (κ1) is 17.3. The molecule has 0 bridgehead atoms. The average molecular weight is 323 g/mol. The lowest BCUT2D eigenvalue weighted by Crippen LogP contribution is -2.40. The predicted molar refractivity (Wildman–Crippen MR) is 96.9 cm³/mol. The largest absolute Gasteiger partial charge is 0.357 e. The molecule has 0 radical (unpaired) electrons. The van der Waals surface area contributed by atoms with Gasteiger partial charge >= 0.3 is 0 Å². The molecule has 1 aliphatic rings. The van der Waals surface area contributed by atoms with E-state index in [1.165, 1.54) is 17.7 Å². The number of hydrogen-bond donors (Lipinski definition) is 1. The lowest BCUT2D eigenvalue weighted by Gasteiger charge is -2.23. The standard InChI is InChI=1S/C17H30N4S/c1-4-18-17(19-11-13-21(5-2)15-8-9-15)20(3)12-10-16-7-6-14-22-16/h6-7,14-15H,4-5,8-13H2,1-3H3,(H,18,19). The highest BCUT2D eigenvalue weighted by Gasteiger charge is 2.27. The number of thiophene rings is 1. The maximum absolute atomic E-state index is 4.80. The third-order valence-corrected chi connectivity index (χ3v) is 5.02. The van der Waals surface area contributed by atoms with Crippen LogP contribution in [0.1, 0.15) is 31.6 Å². The van der Waals surface area contributed by atoms with Crippen molar-refractivity contribution in [3.05, 3.63) is 22.4 Å². The highest BCUT2D eigenvalue weighted by molar-refractivity contribution is 7.09. The fourth-order valence-electron chi connectivity index (χ4n) is 2.63. The number of hydrogen-bond acceptors (Lipinski definition) is 3. The summed E-state index contributed by atoms with van der Waals surface area (Å²) in [6.07, 6.45) is 3.83. The van der Waals surface area contributed by atoms with Crippen molar-refractivity contribution in [3.8, 4) is 0 Å². The van der Waals surface area contributed by atoms with E-state index >= 15 is 0 Å². The molecular weight excluding hydrogens is 292 g/mol. The van der Waals surface area contributed by atoms with Crippen molar-refractivity contribution in [2.45, 2.75) is 39.2 Å². The summed E-state index contributed by atoms with van der Waals surface area (Å²) in [7, 11) is 2.13. The Morgan fingerprint density at radius 3 is 2.77 bits per heavy atom. The zero-order valence-electron chi connectivity index (χ0n) is 14.2. The second kappa shape index (κ2) is 9.16. The quantitative estimate of drug-likeness (QED) is 0.560. The number of aliphatic imine (C=N–C) groups is 1. The molecule has 4 nitrogen and oxygen atoms in total. The number of nitrogens with one attached hydrogen (secondary N) is 1. The van der Waals surface area contributed by atoms with Crippen LogP contribution in [0.4, 0.5) is 0 Å². The minimum atomic E-state index is 0.833. The van der Waals surface area contributed by atoms with Crippen LogP contribution < -0.4 is 5.32 Å². The van der Waals surface area contributed by atoms with Gasteiger partial charge in [0.25, 0.3) is 0 Å². The van der Waals surface area contributed by atoms with Gasteiger partial charge < -0.3 is 10.2 Å². The van der Waals surface area contributed by atoms with Gasteiger partial charge in [-0.1, -0.05) is 13.0 Å². The molecule has 0 amide bonds. The Bertz CT molecular complexity index is 440. The fraction of sp³-hybridized carbons (Fsp3) is 0.706. The number of nitrogens with zero attached hydrogens (tertiary/aromatic N) is 3. The van der Waals surface area contributed by atoms with Crippen LogP contribution in [-0.2, 0) is 6.42 Å². The summed E-state index contributed by atoms with van der Waals surface area (Å²) in [6.45, 7) is 9.41. The minimum Gasteiger partial charge on any atom is -0.357 e. The van der Waals surface area contributed by atoms with Gasteiger partial charge in [-0.05, 0) is 44.2 Å². The topological polar surface area (TPSA) is 30.9 Å². The van der Waals surface area contributed by atoms with Gasteiger partial charge in [0.1, 0.15) is 0 Å². The van der Waals surface area contributed by atoms with Crippen LogP contribution >= 0.6 is 11.3 Å². The van der Waals surface area contributed by atoms with Crippen LogP contribution in [0.5, 0.6) is 0 Å². The van der Waals surface area contributed by atoms with Gasteiger partial charge in [-0.3, -0.25) is 9.89 Å². The highest BCUT2D eigenvalue weighted by atomic mass is 32.1. The van der Waals surface area contributed by atoms with Gasteiger partial charge in [-0.2, -0.15) is 0 Å². The molecule has 22 heavy (non-hydrogen) atoms. The minimum absolute atomic E-state index is 0.833. The molecule has 124 valence electrons. The summed E-state index contributed by atoms with van der Waals surface area (Å²) >= 11 is 1.83. The molecule has 2 rings (SSSR count). The molecule has 1 aromatic rings. The number of guanidine groups is 1. The molecule has 0 spiro atoms. The Labute approximate surface area is 139 Å². The second-order valence-corrected chi connectivity index (χ2v) is 6.88. The molecule has 5 heteroatoms. The van der Waals surface area contributed by atoms with Crippen LogP contribution in [0.3, 0.4) is 0 Å². The van der Waals surface area contributed by atoms with E-state index < -0.39 is 0 Å². The first-order chi connectivity index (χ1) is 10.7. The van der Waals surface area contributed by atoms with Crippen molar-refractivity contribution in [1.29, 1.82) is 0 Å². The summed E-state index contributed by atoms with van der Waals surface area (Å²) in [4.78, 5) is 11.0. The van der Waals surface area contributed by atoms with Crippen LogP contribution in [-0.4, -0.2) is 61.6 Å². The number of rotatable bonds is 9. The van der Waals surface area contributed by atoms with Gasteiger partial charge in [-0.15, -0.1) is 11.3 Å². The van der Waals surface area contributed by atoms with Crippen molar-refractivity contribution >= 4 is 17.3 Å². The van der Waals surface area contributed by atoms with Crippen LogP contribution in [0, 0.1) is 0 Å². The van der Waals surface area contributed by atoms with E-state index in [0.717, 1.165) is 51.1 Å². The van der Waals surface area contributed by atoms with Crippen molar-refractivity contribution in [3.63, 3.8) is 0 Å². The van der Waals surface area contributed by atoms with E-state index in [1.54, 1.807) is 0 Å². The summed E-state index contributed by atoms with van der Waals surface area (Å²) in [5.74, 6) is 1.03. The van der Waals surface area contributed by atoms with E-state index in [-0.39, 0.29) is 0 Å². The van der Waals surface area contributed by atoms with Gasteiger partial charge in [0.05, 0.1) is 6.54 Å². The third-order valence-electron chi connectivity index (χ3n) is 4.09. The lowest BCUT2D eigenvalue weighted by atomic mass is 10.3. The maximum atomic E-state index is 4.80. The Morgan fingerprint density at radius 1 is 1.36 bits per heavy atom. The van der Waals surface area contributed by atoms with Crippen LogP contribution in [0.15, 0.2) is 22.5 Å².